The van der Waals surface area contributed by atoms with Crippen molar-refractivity contribution in [3.63, 3.8) is 0 Å². The highest BCUT2D eigenvalue weighted by molar-refractivity contribution is 9.10. The number of rotatable bonds is 4. The molecule has 0 saturated carbocycles. The van der Waals surface area contributed by atoms with E-state index in [9.17, 15) is 9.59 Å². The first kappa shape index (κ1) is 17.7. The summed E-state index contributed by atoms with van der Waals surface area (Å²) < 4.78 is 0.861. The van der Waals surface area contributed by atoms with Crippen molar-refractivity contribution < 1.29 is 9.59 Å². The van der Waals surface area contributed by atoms with Gasteiger partial charge in [0.15, 0.2) is 0 Å². The topological polar surface area (TPSA) is 49.4 Å². The summed E-state index contributed by atoms with van der Waals surface area (Å²) in [6.45, 7) is 5.00. The number of hydrogen-bond acceptors (Lipinski definition) is 2. The van der Waals surface area contributed by atoms with Crippen molar-refractivity contribution in [2.45, 2.75) is 26.8 Å². The monoisotopic (exact) mass is 400 g/mol. The van der Waals surface area contributed by atoms with Crippen molar-refractivity contribution in [1.29, 1.82) is 0 Å². The van der Waals surface area contributed by atoms with E-state index in [1.165, 1.54) is 5.56 Å². The Kier molecular flexibility index (Phi) is 5.23. The molecule has 1 saturated heterocycles. The van der Waals surface area contributed by atoms with Crippen LogP contribution in [-0.2, 0) is 16.1 Å². The molecule has 1 heterocycles. The van der Waals surface area contributed by atoms with Gasteiger partial charge in [-0.05, 0) is 53.0 Å². The number of nitrogens with one attached hydrogen (secondary N) is 1. The molecule has 130 valence electrons. The molecule has 25 heavy (non-hydrogen) atoms. The highest BCUT2D eigenvalue weighted by atomic mass is 79.9. The molecule has 1 unspecified atom stereocenters. The first-order chi connectivity index (χ1) is 12.0. The highest BCUT2D eigenvalue weighted by Crippen LogP contribution is 2.31. The van der Waals surface area contributed by atoms with E-state index < -0.39 is 0 Å². The van der Waals surface area contributed by atoms with Gasteiger partial charge in [0.2, 0.25) is 11.8 Å². The van der Waals surface area contributed by atoms with Crippen LogP contribution in [0.5, 0.6) is 0 Å². The van der Waals surface area contributed by atoms with E-state index >= 15 is 0 Å². The number of carbonyl (C=O) groups excluding carboxylic acids is 2. The molecule has 1 fully saturated rings. The molecule has 3 rings (SSSR count). The van der Waals surface area contributed by atoms with Gasteiger partial charge in [-0.15, -0.1) is 0 Å². The predicted octanol–water partition coefficient (Wildman–Crippen LogP) is 3.74. The van der Waals surface area contributed by atoms with E-state index in [0.717, 1.165) is 21.3 Å². The van der Waals surface area contributed by atoms with Crippen LogP contribution in [-0.4, -0.2) is 18.4 Å². The normalized spacial score (nSPS) is 17.0. The molecule has 0 aromatic heterocycles. The number of amides is 2. The van der Waals surface area contributed by atoms with Crippen molar-refractivity contribution in [1.82, 2.24) is 5.32 Å². The van der Waals surface area contributed by atoms with Crippen LogP contribution in [0.15, 0.2) is 46.9 Å². The lowest BCUT2D eigenvalue weighted by atomic mass is 10.0. The molecule has 2 amide bonds. The molecule has 1 atom stereocenters. The molecule has 1 N–H and O–H groups in total. The Bertz CT molecular complexity index is 819. The number of para-hydroxylation sites is 1. The Morgan fingerprint density at radius 1 is 1.24 bits per heavy atom. The van der Waals surface area contributed by atoms with E-state index in [0.29, 0.717) is 13.1 Å². The predicted molar refractivity (Wildman–Crippen MR) is 102 cm³/mol. The second-order valence-electron chi connectivity index (χ2n) is 6.50. The summed E-state index contributed by atoms with van der Waals surface area (Å²) in [6, 6.07) is 13.8. The van der Waals surface area contributed by atoms with Gasteiger partial charge in [0.05, 0.1) is 11.6 Å². The number of nitrogens with zero attached hydrogens (tertiary/aromatic N) is 1. The van der Waals surface area contributed by atoms with Crippen LogP contribution in [0, 0.1) is 19.8 Å². The van der Waals surface area contributed by atoms with Crippen LogP contribution in [0.2, 0.25) is 0 Å². The Morgan fingerprint density at radius 3 is 2.72 bits per heavy atom. The molecule has 4 nitrogen and oxygen atoms in total. The number of carbonyl (C=O) groups is 2. The van der Waals surface area contributed by atoms with Gasteiger partial charge in [0.1, 0.15) is 0 Å². The molecule has 1 aliphatic rings. The molecule has 0 aliphatic carbocycles. The summed E-state index contributed by atoms with van der Waals surface area (Å²) in [5.74, 6) is -0.396. The summed E-state index contributed by atoms with van der Waals surface area (Å²) in [5, 5.41) is 2.98. The van der Waals surface area contributed by atoms with Gasteiger partial charge in [-0.25, -0.2) is 0 Å². The smallest absolute Gasteiger partial charge is 0.227 e. The Morgan fingerprint density at radius 2 is 2.00 bits per heavy atom. The van der Waals surface area contributed by atoms with Gasteiger partial charge in [0.25, 0.3) is 0 Å². The number of aryl methyl sites for hydroxylation is 2. The fourth-order valence-corrected chi connectivity index (χ4v) is 3.66. The molecular weight excluding hydrogens is 380 g/mol. The lowest BCUT2D eigenvalue weighted by Crippen LogP contribution is -2.32. The average molecular weight is 401 g/mol. The van der Waals surface area contributed by atoms with Crippen LogP contribution in [0.25, 0.3) is 0 Å². The van der Waals surface area contributed by atoms with Crippen LogP contribution in [0.4, 0.5) is 5.69 Å². The zero-order valence-electron chi connectivity index (χ0n) is 14.4. The summed E-state index contributed by atoms with van der Waals surface area (Å²) in [7, 11) is 0. The number of benzene rings is 2. The second kappa shape index (κ2) is 7.40. The third kappa shape index (κ3) is 3.93. The van der Waals surface area contributed by atoms with Crippen LogP contribution < -0.4 is 10.2 Å². The first-order valence-electron chi connectivity index (χ1n) is 8.34. The molecule has 0 spiro atoms. The Balaban J connectivity index is 1.64. The maximum Gasteiger partial charge on any atom is 0.227 e. The van der Waals surface area contributed by atoms with Gasteiger partial charge in [0, 0.05) is 24.0 Å². The summed E-state index contributed by atoms with van der Waals surface area (Å²) in [5.41, 5.74) is 4.29. The Labute approximate surface area is 156 Å². The summed E-state index contributed by atoms with van der Waals surface area (Å²) >= 11 is 3.47. The zero-order valence-corrected chi connectivity index (χ0v) is 16.0. The lowest BCUT2D eigenvalue weighted by Gasteiger charge is -2.18. The maximum absolute atomic E-state index is 12.5. The molecular formula is C20H21BrN2O2. The molecule has 2 aromatic rings. The van der Waals surface area contributed by atoms with Gasteiger partial charge in [-0.1, -0.05) is 35.9 Å². The molecule has 2 aromatic carbocycles. The van der Waals surface area contributed by atoms with Crippen molar-refractivity contribution in [2.75, 3.05) is 11.4 Å². The lowest BCUT2D eigenvalue weighted by molar-refractivity contribution is -0.126. The SMILES string of the molecule is Cc1ccc(CNC(=O)C2CC(=O)N(c3ccccc3Br)C2)c(C)c1. The third-order valence-corrected chi connectivity index (χ3v) is 5.26. The van der Waals surface area contributed by atoms with E-state index in [-0.39, 0.29) is 24.2 Å². The molecule has 1 aliphatic heterocycles. The average Bonchev–Trinajstić information content (AvgIpc) is 2.96. The van der Waals surface area contributed by atoms with Crippen LogP contribution in [0.3, 0.4) is 0 Å². The van der Waals surface area contributed by atoms with Crippen molar-refractivity contribution >= 4 is 33.4 Å². The standard InChI is InChI=1S/C20H21BrN2O2/c1-13-7-8-15(14(2)9-13)11-22-20(25)16-10-19(24)23(12-16)18-6-4-3-5-17(18)21/h3-9,16H,10-12H2,1-2H3,(H,22,25). The van der Waals surface area contributed by atoms with Gasteiger partial charge >= 0.3 is 0 Å². The minimum atomic E-state index is -0.314. The van der Waals surface area contributed by atoms with Crippen molar-refractivity contribution in [2.24, 2.45) is 5.92 Å². The van der Waals surface area contributed by atoms with Gasteiger partial charge < -0.3 is 10.2 Å². The first-order valence-corrected chi connectivity index (χ1v) is 9.13. The van der Waals surface area contributed by atoms with Gasteiger partial charge in [-0.3, -0.25) is 9.59 Å². The largest absolute Gasteiger partial charge is 0.352 e. The summed E-state index contributed by atoms with van der Waals surface area (Å²) in [4.78, 5) is 26.5. The summed E-state index contributed by atoms with van der Waals surface area (Å²) in [6.07, 6.45) is 0.250. The van der Waals surface area contributed by atoms with E-state index in [1.807, 2.05) is 43.3 Å². The van der Waals surface area contributed by atoms with Crippen LogP contribution in [0.1, 0.15) is 23.1 Å². The minimum Gasteiger partial charge on any atom is -0.352 e. The quantitative estimate of drug-likeness (QED) is 0.849. The zero-order chi connectivity index (χ0) is 18.0. The third-order valence-electron chi connectivity index (χ3n) is 4.59. The maximum atomic E-state index is 12.5. The molecule has 0 bridgehead atoms. The fraction of sp³-hybridized carbons (Fsp3) is 0.300. The highest BCUT2D eigenvalue weighted by Gasteiger charge is 2.35. The van der Waals surface area contributed by atoms with Crippen LogP contribution >= 0.6 is 15.9 Å². The minimum absolute atomic E-state index is 0.0152. The second-order valence-corrected chi connectivity index (χ2v) is 7.36. The van der Waals surface area contributed by atoms with Crippen molar-refractivity contribution in [3.8, 4) is 0 Å². The van der Waals surface area contributed by atoms with E-state index in [1.54, 1.807) is 4.90 Å². The molecule has 0 radical (unpaired) electrons. The Hall–Kier alpha value is -2.14. The van der Waals surface area contributed by atoms with E-state index in [2.05, 4.69) is 34.2 Å². The molecule has 5 heteroatoms. The van der Waals surface area contributed by atoms with Gasteiger partial charge in [-0.2, -0.15) is 0 Å². The number of anilines is 1. The van der Waals surface area contributed by atoms with Crippen molar-refractivity contribution in [3.05, 3.63) is 63.6 Å². The fourth-order valence-electron chi connectivity index (χ4n) is 3.16. The van der Waals surface area contributed by atoms with E-state index in [4.69, 9.17) is 0 Å². The number of hydrogen-bond donors (Lipinski definition) is 1. The number of halogens is 1.